The van der Waals surface area contributed by atoms with Crippen LogP contribution in [0.1, 0.15) is 36.3 Å². The molecule has 0 saturated heterocycles. The Labute approximate surface area is 192 Å². The topological polar surface area (TPSA) is 105 Å². The second-order valence-corrected chi connectivity index (χ2v) is 8.49. The molecule has 7 heteroatoms. The lowest BCUT2D eigenvalue weighted by Crippen LogP contribution is -2.38. The number of ether oxygens (including phenoxy) is 1. The molecule has 2 aliphatic carbocycles. The number of nitrogens with one attached hydrogen (secondary N) is 2. The highest BCUT2D eigenvalue weighted by atomic mass is 16.5. The number of carboxylic acid groups (broad SMARTS) is 1. The summed E-state index contributed by atoms with van der Waals surface area (Å²) < 4.78 is 5.45. The van der Waals surface area contributed by atoms with Crippen molar-refractivity contribution in [1.29, 1.82) is 0 Å². The van der Waals surface area contributed by atoms with Crippen molar-refractivity contribution in [1.82, 2.24) is 10.6 Å². The van der Waals surface area contributed by atoms with Crippen molar-refractivity contribution in [2.24, 2.45) is 11.8 Å². The average molecular weight is 449 g/mol. The van der Waals surface area contributed by atoms with Gasteiger partial charge in [-0.05, 0) is 41.0 Å². The molecule has 3 N–H and O–H groups in total. The van der Waals surface area contributed by atoms with Gasteiger partial charge in [-0.2, -0.15) is 0 Å². The Morgan fingerprint density at radius 1 is 1.00 bits per heavy atom. The molecule has 0 bridgehead atoms. The van der Waals surface area contributed by atoms with Crippen LogP contribution in [-0.2, 0) is 14.3 Å². The van der Waals surface area contributed by atoms with Crippen LogP contribution in [0.3, 0.4) is 0 Å². The maximum atomic E-state index is 12.1. The van der Waals surface area contributed by atoms with Gasteiger partial charge in [-0.15, -0.1) is 0 Å². The Morgan fingerprint density at radius 2 is 1.64 bits per heavy atom. The van der Waals surface area contributed by atoms with Crippen molar-refractivity contribution in [3.63, 3.8) is 0 Å². The zero-order chi connectivity index (χ0) is 23.2. The van der Waals surface area contributed by atoms with E-state index in [1.165, 1.54) is 23.3 Å². The second kappa shape index (κ2) is 10.3. The largest absolute Gasteiger partial charge is 0.481 e. The highest BCUT2D eigenvalue weighted by Crippen LogP contribution is 2.44. The average Bonchev–Trinajstić information content (AvgIpc) is 3.10. The third-order valence-electron chi connectivity index (χ3n) is 6.51. The molecular weight excluding hydrogens is 420 g/mol. The maximum absolute atomic E-state index is 12.1. The summed E-state index contributed by atoms with van der Waals surface area (Å²) in [5.41, 5.74) is 4.62. The fraction of sp³-hybridized carbons (Fsp3) is 0.346. The quantitative estimate of drug-likeness (QED) is 0.508. The first-order chi connectivity index (χ1) is 16.0. The zero-order valence-corrected chi connectivity index (χ0v) is 18.3. The minimum atomic E-state index is -0.874. The van der Waals surface area contributed by atoms with E-state index in [9.17, 15) is 19.5 Å². The SMILES string of the molecule is O=C(/C=C/CNC(=O)OCC1c2ccccc2-c2ccccc21)NCC(C(=O)O)C1CCC1. The minimum Gasteiger partial charge on any atom is -0.481 e. The number of carboxylic acids is 1. The van der Waals surface area contributed by atoms with Gasteiger partial charge in [0.1, 0.15) is 6.61 Å². The summed E-state index contributed by atoms with van der Waals surface area (Å²) in [6.07, 6.45) is 5.08. The molecule has 1 fully saturated rings. The number of amides is 2. The Hall–Kier alpha value is -3.61. The second-order valence-electron chi connectivity index (χ2n) is 8.49. The van der Waals surface area contributed by atoms with Gasteiger partial charge in [-0.3, -0.25) is 9.59 Å². The summed E-state index contributed by atoms with van der Waals surface area (Å²) >= 11 is 0. The number of hydrogen-bond acceptors (Lipinski definition) is 4. The van der Waals surface area contributed by atoms with Crippen molar-refractivity contribution in [2.45, 2.75) is 25.2 Å². The number of fused-ring (bicyclic) bond motifs is 3. The van der Waals surface area contributed by atoms with Crippen LogP contribution in [0, 0.1) is 11.8 Å². The van der Waals surface area contributed by atoms with Gasteiger partial charge in [0.2, 0.25) is 5.91 Å². The van der Waals surface area contributed by atoms with Crippen LogP contribution in [0.5, 0.6) is 0 Å². The number of aliphatic carboxylic acids is 1. The van der Waals surface area contributed by atoms with Crippen LogP contribution in [0.4, 0.5) is 4.79 Å². The highest BCUT2D eigenvalue weighted by Gasteiger charge is 2.32. The van der Waals surface area contributed by atoms with Crippen LogP contribution < -0.4 is 10.6 Å². The van der Waals surface area contributed by atoms with Crippen molar-refractivity contribution >= 4 is 18.0 Å². The molecule has 0 radical (unpaired) electrons. The Kier molecular flexibility index (Phi) is 7.07. The van der Waals surface area contributed by atoms with Crippen molar-refractivity contribution in [2.75, 3.05) is 19.7 Å². The summed E-state index contributed by atoms with van der Waals surface area (Å²) in [6, 6.07) is 16.2. The van der Waals surface area contributed by atoms with Gasteiger partial charge in [-0.1, -0.05) is 61.0 Å². The summed E-state index contributed by atoms with van der Waals surface area (Å²) in [7, 11) is 0. The molecule has 4 rings (SSSR count). The van der Waals surface area contributed by atoms with Crippen molar-refractivity contribution < 1.29 is 24.2 Å². The lowest BCUT2D eigenvalue weighted by atomic mass is 9.76. The molecule has 0 aromatic heterocycles. The molecule has 1 unspecified atom stereocenters. The van der Waals surface area contributed by atoms with Gasteiger partial charge < -0.3 is 20.5 Å². The third-order valence-corrected chi connectivity index (χ3v) is 6.51. The fourth-order valence-electron chi connectivity index (χ4n) is 4.52. The molecule has 2 amide bonds. The third kappa shape index (κ3) is 5.25. The van der Waals surface area contributed by atoms with E-state index in [1.807, 2.05) is 24.3 Å². The van der Waals surface area contributed by atoms with Gasteiger partial charge in [0.05, 0.1) is 5.92 Å². The van der Waals surface area contributed by atoms with Crippen LogP contribution in [-0.4, -0.2) is 42.8 Å². The van der Waals surface area contributed by atoms with Crippen molar-refractivity contribution in [3.8, 4) is 11.1 Å². The molecule has 33 heavy (non-hydrogen) atoms. The Bertz CT molecular complexity index is 1010. The molecule has 2 aromatic carbocycles. The minimum absolute atomic E-state index is 0.0117. The lowest BCUT2D eigenvalue weighted by molar-refractivity contribution is -0.144. The van der Waals surface area contributed by atoms with E-state index in [-0.39, 0.29) is 37.4 Å². The first-order valence-corrected chi connectivity index (χ1v) is 11.3. The zero-order valence-electron chi connectivity index (χ0n) is 18.3. The molecule has 2 aromatic rings. The van der Waals surface area contributed by atoms with Gasteiger partial charge >= 0.3 is 12.1 Å². The number of carbonyl (C=O) groups excluding carboxylic acids is 2. The molecule has 7 nitrogen and oxygen atoms in total. The summed E-state index contributed by atoms with van der Waals surface area (Å²) in [5.74, 6) is -1.67. The summed E-state index contributed by atoms with van der Waals surface area (Å²) in [6.45, 7) is 0.472. The van der Waals surface area contributed by atoms with E-state index in [2.05, 4.69) is 34.9 Å². The molecule has 0 heterocycles. The molecule has 172 valence electrons. The molecule has 0 aliphatic heterocycles. The van der Waals surface area contributed by atoms with E-state index in [1.54, 1.807) is 0 Å². The number of hydrogen-bond donors (Lipinski definition) is 3. The molecule has 1 saturated carbocycles. The van der Waals surface area contributed by atoms with E-state index in [0.29, 0.717) is 0 Å². The van der Waals surface area contributed by atoms with Crippen LogP contribution in [0.15, 0.2) is 60.7 Å². The summed E-state index contributed by atoms with van der Waals surface area (Å²) in [4.78, 5) is 35.4. The Morgan fingerprint density at radius 3 is 2.21 bits per heavy atom. The van der Waals surface area contributed by atoms with Gasteiger partial charge in [-0.25, -0.2) is 4.79 Å². The number of benzene rings is 2. The van der Waals surface area contributed by atoms with Gasteiger partial charge in [0.15, 0.2) is 0 Å². The standard InChI is InChI=1S/C26H28N2O5/c29-24(28-15-22(25(30)31)17-7-5-8-17)13-6-14-27-26(32)33-16-23-20-11-3-1-9-18(20)19-10-2-4-12-21(19)23/h1-4,6,9-13,17,22-23H,5,7-8,14-16H2,(H,27,32)(H,28,29)(H,30,31)/b13-6+. The fourth-order valence-corrected chi connectivity index (χ4v) is 4.52. The Balaban J connectivity index is 1.21. The first-order valence-electron chi connectivity index (χ1n) is 11.3. The normalized spacial score (nSPS) is 15.9. The van der Waals surface area contributed by atoms with E-state index < -0.39 is 18.0 Å². The van der Waals surface area contributed by atoms with Crippen LogP contribution >= 0.6 is 0 Å². The smallest absolute Gasteiger partial charge is 0.407 e. The van der Waals surface area contributed by atoms with E-state index in [4.69, 9.17) is 4.74 Å². The number of rotatable bonds is 9. The first kappa shape index (κ1) is 22.6. The number of alkyl carbamates (subject to hydrolysis) is 1. The summed E-state index contributed by atoms with van der Waals surface area (Å²) in [5, 5.41) is 14.5. The maximum Gasteiger partial charge on any atom is 0.407 e. The highest BCUT2D eigenvalue weighted by molar-refractivity contribution is 5.88. The van der Waals surface area contributed by atoms with Crippen LogP contribution in [0.25, 0.3) is 11.1 Å². The lowest BCUT2D eigenvalue weighted by Gasteiger charge is -2.31. The molecule has 2 aliphatic rings. The van der Waals surface area contributed by atoms with Crippen molar-refractivity contribution in [3.05, 3.63) is 71.8 Å². The molecular formula is C26H28N2O5. The van der Waals surface area contributed by atoms with E-state index in [0.717, 1.165) is 30.4 Å². The predicted octanol–water partition coefficient (Wildman–Crippen LogP) is 3.70. The number of carbonyl (C=O) groups is 3. The van der Waals surface area contributed by atoms with Gasteiger partial charge in [0, 0.05) is 25.1 Å². The molecule has 1 atom stereocenters. The van der Waals surface area contributed by atoms with Gasteiger partial charge in [0.25, 0.3) is 0 Å². The monoisotopic (exact) mass is 448 g/mol. The van der Waals surface area contributed by atoms with E-state index >= 15 is 0 Å². The predicted molar refractivity (Wildman–Crippen MR) is 124 cm³/mol. The van der Waals surface area contributed by atoms with Crippen LogP contribution in [0.2, 0.25) is 0 Å². The molecule has 0 spiro atoms.